The van der Waals surface area contributed by atoms with Crippen molar-refractivity contribution < 1.29 is 23.5 Å². The minimum atomic E-state index is -1.34. The van der Waals surface area contributed by atoms with Crippen LogP contribution in [0.15, 0.2) is 45.7 Å². The second-order valence-electron chi connectivity index (χ2n) is 5.85. The molecule has 1 aromatic heterocycles. The van der Waals surface area contributed by atoms with E-state index in [-0.39, 0.29) is 15.6 Å². The summed E-state index contributed by atoms with van der Waals surface area (Å²) >= 11 is 7.68. The molecule has 0 aliphatic carbocycles. The van der Waals surface area contributed by atoms with Crippen molar-refractivity contribution in [3.8, 4) is 11.3 Å². The van der Waals surface area contributed by atoms with Gasteiger partial charge in [-0.3, -0.25) is 9.69 Å². The van der Waals surface area contributed by atoms with Crippen molar-refractivity contribution in [2.75, 3.05) is 12.0 Å². The fourth-order valence-electron chi connectivity index (χ4n) is 2.70. The van der Waals surface area contributed by atoms with Crippen LogP contribution in [-0.2, 0) is 9.59 Å². The van der Waals surface area contributed by atoms with Gasteiger partial charge in [-0.1, -0.05) is 36.1 Å². The Labute approximate surface area is 175 Å². The zero-order chi connectivity index (χ0) is 20.3. The normalized spacial score (nSPS) is 16.8. The number of hydrogen-bond donors (Lipinski definition) is 0. The van der Waals surface area contributed by atoms with Gasteiger partial charge in [0.1, 0.15) is 21.7 Å². The number of benzene rings is 1. The molecule has 0 bridgehead atoms. The molecular formula is C19H15FNO4S3-. The van der Waals surface area contributed by atoms with Crippen LogP contribution in [0.3, 0.4) is 0 Å². The van der Waals surface area contributed by atoms with E-state index in [0.29, 0.717) is 22.8 Å². The highest BCUT2D eigenvalue weighted by molar-refractivity contribution is 8.26. The summed E-state index contributed by atoms with van der Waals surface area (Å²) in [7, 11) is 0. The molecule has 1 aromatic carbocycles. The molecule has 9 heteroatoms. The van der Waals surface area contributed by atoms with Crippen LogP contribution >= 0.6 is 35.7 Å². The van der Waals surface area contributed by atoms with Gasteiger partial charge < -0.3 is 14.3 Å². The number of carbonyl (C=O) groups excluding carboxylic acids is 2. The fraction of sp³-hybridized carbons (Fsp3) is 0.211. The molecule has 0 spiro atoms. The topological polar surface area (TPSA) is 73.6 Å². The largest absolute Gasteiger partial charge is 0.548 e. The molecule has 1 unspecified atom stereocenters. The van der Waals surface area contributed by atoms with Crippen LogP contribution < -0.4 is 5.11 Å². The Morgan fingerprint density at radius 2 is 2.14 bits per heavy atom. The maximum Gasteiger partial charge on any atom is 0.266 e. The lowest BCUT2D eigenvalue weighted by atomic mass is 10.1. The van der Waals surface area contributed by atoms with Gasteiger partial charge in [0.2, 0.25) is 0 Å². The number of halogens is 1. The van der Waals surface area contributed by atoms with Crippen LogP contribution in [-0.4, -0.2) is 39.1 Å². The van der Waals surface area contributed by atoms with E-state index in [2.05, 4.69) is 0 Å². The summed E-state index contributed by atoms with van der Waals surface area (Å²) < 4.78 is 19.7. The van der Waals surface area contributed by atoms with Crippen molar-refractivity contribution in [3.63, 3.8) is 0 Å². The van der Waals surface area contributed by atoms with Crippen molar-refractivity contribution in [1.29, 1.82) is 0 Å². The van der Waals surface area contributed by atoms with Crippen LogP contribution in [0.25, 0.3) is 17.4 Å². The highest BCUT2D eigenvalue weighted by Gasteiger charge is 2.37. The number of rotatable bonds is 7. The van der Waals surface area contributed by atoms with E-state index >= 15 is 0 Å². The monoisotopic (exact) mass is 436 g/mol. The van der Waals surface area contributed by atoms with Crippen molar-refractivity contribution >= 4 is 58.0 Å². The molecule has 146 valence electrons. The molecule has 1 aliphatic heterocycles. The Balaban J connectivity index is 1.84. The first-order valence-corrected chi connectivity index (χ1v) is 10.9. The molecule has 5 nitrogen and oxygen atoms in total. The predicted octanol–water partition coefficient (Wildman–Crippen LogP) is 3.16. The van der Waals surface area contributed by atoms with Gasteiger partial charge in [-0.15, -0.1) is 0 Å². The third-order valence-corrected chi connectivity index (χ3v) is 6.02. The first-order chi connectivity index (χ1) is 13.4. The van der Waals surface area contributed by atoms with E-state index in [0.717, 1.165) is 16.7 Å². The summed E-state index contributed by atoms with van der Waals surface area (Å²) in [6.07, 6.45) is 3.56. The van der Waals surface area contributed by atoms with Crippen LogP contribution in [0.2, 0.25) is 0 Å². The quantitative estimate of drug-likeness (QED) is 0.488. The molecule has 1 atom stereocenters. The molecule has 3 rings (SSSR count). The van der Waals surface area contributed by atoms with Crippen molar-refractivity contribution in [2.45, 2.75) is 12.5 Å². The summed E-state index contributed by atoms with van der Waals surface area (Å²) in [5.41, 5.74) is 0.309. The third kappa shape index (κ3) is 4.31. The molecule has 0 saturated carbocycles. The smallest absolute Gasteiger partial charge is 0.266 e. The van der Waals surface area contributed by atoms with Crippen molar-refractivity contribution in [2.24, 2.45) is 0 Å². The van der Waals surface area contributed by atoms with Crippen LogP contribution in [0.4, 0.5) is 4.39 Å². The number of carboxylic acids is 1. The number of aliphatic carboxylic acids is 1. The van der Waals surface area contributed by atoms with Crippen LogP contribution in [0.5, 0.6) is 0 Å². The Kier molecular flexibility index (Phi) is 6.58. The highest BCUT2D eigenvalue weighted by atomic mass is 32.2. The zero-order valence-corrected chi connectivity index (χ0v) is 17.2. The molecule has 28 heavy (non-hydrogen) atoms. The minimum Gasteiger partial charge on any atom is -0.548 e. The SMILES string of the molecule is CSCCC(C(=O)[O-])N1C(=O)C(=Cc2ccc(-c3ccccc3F)o2)SC1=S. The predicted molar refractivity (Wildman–Crippen MR) is 111 cm³/mol. The summed E-state index contributed by atoms with van der Waals surface area (Å²) in [6, 6.07) is 8.30. The van der Waals surface area contributed by atoms with Gasteiger partial charge >= 0.3 is 0 Å². The van der Waals surface area contributed by atoms with E-state index in [4.69, 9.17) is 16.6 Å². The van der Waals surface area contributed by atoms with Crippen LogP contribution in [0, 0.1) is 5.82 Å². The third-order valence-electron chi connectivity index (χ3n) is 4.04. The summed E-state index contributed by atoms with van der Waals surface area (Å²) in [5, 5.41) is 11.5. The molecule has 0 N–H and O–H groups in total. The van der Waals surface area contributed by atoms with E-state index in [1.807, 2.05) is 6.26 Å². The first-order valence-electron chi connectivity index (χ1n) is 8.24. The zero-order valence-electron chi connectivity index (χ0n) is 14.7. The van der Waals surface area contributed by atoms with E-state index < -0.39 is 23.7 Å². The Morgan fingerprint density at radius 3 is 2.82 bits per heavy atom. The molecular weight excluding hydrogens is 421 g/mol. The minimum absolute atomic E-state index is 0.160. The van der Waals surface area contributed by atoms with Crippen LogP contribution in [0.1, 0.15) is 12.2 Å². The summed E-state index contributed by atoms with van der Waals surface area (Å²) in [6.45, 7) is 0. The second-order valence-corrected chi connectivity index (χ2v) is 8.51. The first kappa shape index (κ1) is 20.6. The Morgan fingerprint density at radius 1 is 1.39 bits per heavy atom. The maximum absolute atomic E-state index is 13.9. The van der Waals surface area contributed by atoms with Gasteiger partial charge in [0.15, 0.2) is 0 Å². The number of thioether (sulfide) groups is 2. The average molecular weight is 437 g/mol. The number of amides is 1. The molecule has 1 saturated heterocycles. The molecule has 1 amide bonds. The number of carboxylic acid groups (broad SMARTS) is 1. The lowest BCUT2D eigenvalue weighted by Crippen LogP contribution is -2.50. The van der Waals surface area contributed by atoms with Gasteiger partial charge in [0, 0.05) is 6.08 Å². The molecule has 2 heterocycles. The second kappa shape index (κ2) is 8.93. The van der Waals surface area contributed by atoms with E-state index in [9.17, 15) is 19.1 Å². The Hall–Kier alpha value is -2.10. The molecule has 2 aromatic rings. The van der Waals surface area contributed by atoms with Crippen molar-refractivity contribution in [3.05, 3.63) is 52.9 Å². The number of nitrogens with zero attached hydrogens (tertiary/aromatic N) is 1. The van der Waals surface area contributed by atoms with Gasteiger partial charge in [0.25, 0.3) is 5.91 Å². The fourth-order valence-corrected chi connectivity index (χ4v) is 4.49. The number of hydrogen-bond acceptors (Lipinski definition) is 7. The molecule has 1 aliphatic rings. The summed E-state index contributed by atoms with van der Waals surface area (Å²) in [5.74, 6) is -1.04. The number of carbonyl (C=O) groups is 2. The van der Waals surface area contributed by atoms with Crippen molar-refractivity contribution in [1.82, 2.24) is 4.90 Å². The molecule has 1 fully saturated rings. The standard InChI is InChI=1S/C19H16FNO4S3/c1-27-9-8-14(18(23)24)21-17(22)16(28-19(21)26)10-11-6-7-15(25-11)12-4-2-3-5-13(12)20/h2-7,10,14H,8-9H2,1H3,(H,23,24)/p-1. The van der Waals surface area contributed by atoms with Gasteiger partial charge in [-0.25, -0.2) is 4.39 Å². The number of thiocarbonyl (C=S) groups is 1. The number of furan rings is 1. The Bertz CT molecular complexity index is 956. The van der Waals surface area contributed by atoms with Gasteiger partial charge in [0.05, 0.1) is 22.5 Å². The lowest BCUT2D eigenvalue weighted by molar-refractivity contribution is -0.310. The maximum atomic E-state index is 13.9. The highest BCUT2D eigenvalue weighted by Crippen LogP contribution is 2.35. The van der Waals surface area contributed by atoms with E-state index in [1.165, 1.54) is 23.9 Å². The molecule has 0 radical (unpaired) electrons. The lowest BCUT2D eigenvalue weighted by Gasteiger charge is -2.27. The van der Waals surface area contributed by atoms with E-state index in [1.54, 1.807) is 30.3 Å². The summed E-state index contributed by atoms with van der Waals surface area (Å²) in [4.78, 5) is 25.5. The van der Waals surface area contributed by atoms with Gasteiger partial charge in [-0.2, -0.15) is 11.8 Å². The van der Waals surface area contributed by atoms with Gasteiger partial charge in [-0.05, 0) is 42.7 Å². The average Bonchev–Trinajstić information content (AvgIpc) is 3.22.